The molecule has 21 heavy (non-hydrogen) atoms. The molecule has 1 aromatic carbocycles. The molecular weight excluding hydrogens is 292 g/mol. The van der Waals surface area contributed by atoms with Gasteiger partial charge >= 0.3 is 5.97 Å². The maximum Gasteiger partial charge on any atom is 0.307 e. The van der Waals surface area contributed by atoms with Gasteiger partial charge in [-0.1, -0.05) is 24.6 Å². The van der Waals surface area contributed by atoms with E-state index in [0.717, 1.165) is 0 Å². The molecule has 5 nitrogen and oxygen atoms in total. The van der Waals surface area contributed by atoms with Gasteiger partial charge in [0.1, 0.15) is 5.75 Å². The SMILES string of the molecule is O=C(O)C1CCCC1S(=O)(=O)CCCOc1ccccc1. The molecule has 1 N–H and O–H groups in total. The predicted molar refractivity (Wildman–Crippen MR) is 79.1 cm³/mol. The van der Waals surface area contributed by atoms with Crippen LogP contribution in [0.1, 0.15) is 25.7 Å². The summed E-state index contributed by atoms with van der Waals surface area (Å²) in [6.45, 7) is 0.313. The Kier molecular flexibility index (Phi) is 5.22. The van der Waals surface area contributed by atoms with Gasteiger partial charge in [-0.25, -0.2) is 8.42 Å². The molecule has 0 heterocycles. The average molecular weight is 312 g/mol. The monoisotopic (exact) mass is 312 g/mol. The molecule has 0 radical (unpaired) electrons. The summed E-state index contributed by atoms with van der Waals surface area (Å²) < 4.78 is 29.9. The van der Waals surface area contributed by atoms with Crippen molar-refractivity contribution in [1.29, 1.82) is 0 Å². The number of rotatable bonds is 7. The zero-order chi connectivity index (χ0) is 15.3. The second-order valence-electron chi connectivity index (χ2n) is 5.30. The quantitative estimate of drug-likeness (QED) is 0.780. The minimum atomic E-state index is -3.37. The second-order valence-corrected chi connectivity index (χ2v) is 7.64. The van der Waals surface area contributed by atoms with E-state index in [1.165, 1.54) is 0 Å². The van der Waals surface area contributed by atoms with Gasteiger partial charge in [-0.2, -0.15) is 0 Å². The highest BCUT2D eigenvalue weighted by molar-refractivity contribution is 7.92. The third-order valence-electron chi connectivity index (χ3n) is 3.82. The van der Waals surface area contributed by atoms with Crippen molar-refractivity contribution in [2.75, 3.05) is 12.4 Å². The lowest BCUT2D eigenvalue weighted by atomic mass is 10.1. The molecule has 6 heteroatoms. The average Bonchev–Trinajstić information content (AvgIpc) is 2.95. The van der Waals surface area contributed by atoms with Crippen molar-refractivity contribution in [2.45, 2.75) is 30.9 Å². The number of ether oxygens (including phenoxy) is 1. The zero-order valence-electron chi connectivity index (χ0n) is 11.8. The highest BCUT2D eigenvalue weighted by Gasteiger charge is 2.40. The Balaban J connectivity index is 1.83. The molecule has 2 rings (SSSR count). The van der Waals surface area contributed by atoms with E-state index in [9.17, 15) is 13.2 Å². The first kappa shape index (κ1) is 15.8. The van der Waals surface area contributed by atoms with Crippen molar-refractivity contribution in [2.24, 2.45) is 5.92 Å². The van der Waals surface area contributed by atoms with Crippen LogP contribution in [0, 0.1) is 5.92 Å². The molecule has 1 aliphatic carbocycles. The van der Waals surface area contributed by atoms with Crippen LogP contribution in [0.15, 0.2) is 30.3 Å². The molecule has 2 unspecified atom stereocenters. The van der Waals surface area contributed by atoms with Crippen molar-refractivity contribution in [1.82, 2.24) is 0 Å². The third-order valence-corrected chi connectivity index (χ3v) is 6.16. The van der Waals surface area contributed by atoms with E-state index >= 15 is 0 Å². The van der Waals surface area contributed by atoms with Crippen LogP contribution in [0.3, 0.4) is 0 Å². The van der Waals surface area contributed by atoms with Crippen molar-refractivity contribution in [3.05, 3.63) is 30.3 Å². The number of hydrogen-bond acceptors (Lipinski definition) is 4. The summed E-state index contributed by atoms with van der Waals surface area (Å²) in [5.41, 5.74) is 0. The van der Waals surface area contributed by atoms with E-state index in [2.05, 4.69) is 0 Å². The first-order valence-electron chi connectivity index (χ1n) is 7.13. The van der Waals surface area contributed by atoms with Crippen LogP contribution in [0.5, 0.6) is 5.75 Å². The fraction of sp³-hybridized carbons (Fsp3) is 0.533. The lowest BCUT2D eigenvalue weighted by molar-refractivity contribution is -0.141. The predicted octanol–water partition coefficient (Wildman–Crippen LogP) is 2.12. The summed E-state index contributed by atoms with van der Waals surface area (Å²) in [5, 5.41) is 8.35. The van der Waals surface area contributed by atoms with Crippen molar-refractivity contribution in [3.63, 3.8) is 0 Å². The second kappa shape index (κ2) is 6.93. The van der Waals surface area contributed by atoms with E-state index in [1.54, 1.807) is 0 Å². The van der Waals surface area contributed by atoms with Gasteiger partial charge in [0.25, 0.3) is 0 Å². The van der Waals surface area contributed by atoms with Gasteiger partial charge < -0.3 is 9.84 Å². The molecule has 116 valence electrons. The standard InChI is InChI=1S/C15H20O5S/c16-15(17)13-8-4-9-14(13)21(18,19)11-5-10-20-12-6-2-1-3-7-12/h1-3,6-7,13-14H,4-5,8-11H2,(H,16,17). The van der Waals surface area contributed by atoms with Gasteiger partial charge in [-0.05, 0) is 31.4 Å². The molecule has 1 aliphatic rings. The van der Waals surface area contributed by atoms with Crippen LogP contribution in [-0.4, -0.2) is 37.1 Å². The summed E-state index contributed by atoms with van der Waals surface area (Å²) in [7, 11) is -3.37. The Labute approximate surface area is 124 Å². The molecule has 0 aromatic heterocycles. The topological polar surface area (TPSA) is 80.7 Å². The normalized spacial score (nSPS) is 22.1. The maximum absolute atomic E-state index is 12.2. The fourth-order valence-electron chi connectivity index (χ4n) is 2.76. The van der Waals surface area contributed by atoms with Crippen LogP contribution in [0.25, 0.3) is 0 Å². The highest BCUT2D eigenvalue weighted by Crippen LogP contribution is 2.32. The van der Waals surface area contributed by atoms with Gasteiger partial charge in [0.05, 0.1) is 23.5 Å². The Bertz CT molecular complexity index is 567. The maximum atomic E-state index is 12.2. The van der Waals surface area contributed by atoms with Crippen LogP contribution < -0.4 is 4.74 Å². The number of para-hydroxylation sites is 1. The molecule has 0 saturated heterocycles. The van der Waals surface area contributed by atoms with Crippen LogP contribution in [-0.2, 0) is 14.6 Å². The molecule has 0 bridgehead atoms. The summed E-state index contributed by atoms with van der Waals surface area (Å²) in [6, 6.07) is 9.20. The largest absolute Gasteiger partial charge is 0.494 e. The van der Waals surface area contributed by atoms with Crippen molar-refractivity contribution in [3.8, 4) is 5.75 Å². The molecular formula is C15H20O5S. The minimum absolute atomic E-state index is 0.0196. The number of hydrogen-bond donors (Lipinski definition) is 1. The summed E-state index contributed by atoms with van der Waals surface area (Å²) >= 11 is 0. The first-order chi connectivity index (χ1) is 10.0. The molecule has 1 fully saturated rings. The Morgan fingerprint density at radius 3 is 2.62 bits per heavy atom. The van der Waals surface area contributed by atoms with E-state index < -0.39 is 27.0 Å². The highest BCUT2D eigenvalue weighted by atomic mass is 32.2. The lowest BCUT2D eigenvalue weighted by Crippen LogP contribution is -2.32. The number of carboxylic acid groups (broad SMARTS) is 1. The molecule has 2 atom stereocenters. The molecule has 0 amide bonds. The lowest BCUT2D eigenvalue weighted by Gasteiger charge is -2.16. The van der Waals surface area contributed by atoms with E-state index in [4.69, 9.17) is 9.84 Å². The van der Waals surface area contributed by atoms with E-state index in [1.807, 2.05) is 30.3 Å². The Morgan fingerprint density at radius 2 is 1.95 bits per heavy atom. The summed E-state index contributed by atoms with van der Waals surface area (Å²) in [6.07, 6.45) is 1.96. The van der Waals surface area contributed by atoms with Crippen molar-refractivity contribution < 1.29 is 23.1 Å². The molecule has 1 saturated carbocycles. The fourth-order valence-corrected chi connectivity index (χ4v) is 4.86. The van der Waals surface area contributed by atoms with Crippen LogP contribution in [0.4, 0.5) is 0 Å². The van der Waals surface area contributed by atoms with Gasteiger partial charge in [0.2, 0.25) is 0 Å². The summed E-state index contributed by atoms with van der Waals surface area (Å²) in [4.78, 5) is 11.1. The third kappa shape index (κ3) is 4.20. The Hall–Kier alpha value is -1.56. The summed E-state index contributed by atoms with van der Waals surface area (Å²) in [5.74, 6) is -1.06. The number of aliphatic carboxylic acids is 1. The number of carboxylic acids is 1. The van der Waals surface area contributed by atoms with E-state index in [-0.39, 0.29) is 5.75 Å². The van der Waals surface area contributed by atoms with Gasteiger partial charge in [0, 0.05) is 0 Å². The number of sulfone groups is 1. The molecule has 1 aromatic rings. The molecule has 0 aliphatic heterocycles. The van der Waals surface area contributed by atoms with Crippen molar-refractivity contribution >= 4 is 15.8 Å². The number of carbonyl (C=O) groups is 1. The van der Waals surface area contributed by atoms with Crippen LogP contribution in [0.2, 0.25) is 0 Å². The van der Waals surface area contributed by atoms with E-state index in [0.29, 0.717) is 38.0 Å². The Morgan fingerprint density at radius 1 is 1.24 bits per heavy atom. The zero-order valence-corrected chi connectivity index (χ0v) is 12.6. The first-order valence-corrected chi connectivity index (χ1v) is 8.84. The van der Waals surface area contributed by atoms with Crippen LogP contribution >= 0.6 is 0 Å². The van der Waals surface area contributed by atoms with Gasteiger partial charge in [0.15, 0.2) is 9.84 Å². The molecule has 0 spiro atoms. The minimum Gasteiger partial charge on any atom is -0.494 e. The van der Waals surface area contributed by atoms with Gasteiger partial charge in [-0.3, -0.25) is 4.79 Å². The number of benzene rings is 1. The smallest absolute Gasteiger partial charge is 0.307 e. The van der Waals surface area contributed by atoms with Gasteiger partial charge in [-0.15, -0.1) is 0 Å².